The summed E-state index contributed by atoms with van der Waals surface area (Å²) in [6.45, 7) is 7.29. The molecule has 1 heterocycles. The fraction of sp³-hybridized carbons (Fsp3) is 0.800. The molecule has 1 aromatic heterocycles. The summed E-state index contributed by atoms with van der Waals surface area (Å²) in [5.41, 5.74) is 6.84. The minimum absolute atomic E-state index is 0.495. The quantitative estimate of drug-likeness (QED) is 0.785. The molecule has 0 bridgehead atoms. The summed E-state index contributed by atoms with van der Waals surface area (Å²) in [7, 11) is 0. The standard InChI is InChI=1S/C15H28N4/c1-3-13(2)19-11-8-14(17-19)12-18(10-5-9-16)15-6-4-7-15/h8,11,13,15H,3-7,9-10,12,16H2,1-2H3. The predicted octanol–water partition coefficient (Wildman–Crippen LogP) is 2.56. The summed E-state index contributed by atoms with van der Waals surface area (Å²) in [6.07, 6.45) is 8.40. The molecule has 2 N–H and O–H groups in total. The highest BCUT2D eigenvalue weighted by Gasteiger charge is 2.25. The van der Waals surface area contributed by atoms with Crippen molar-refractivity contribution in [3.05, 3.63) is 18.0 Å². The fourth-order valence-corrected chi connectivity index (χ4v) is 2.54. The molecular formula is C15H28N4. The van der Waals surface area contributed by atoms with Crippen molar-refractivity contribution in [3.63, 3.8) is 0 Å². The second-order valence-corrected chi connectivity index (χ2v) is 5.74. The maximum absolute atomic E-state index is 5.65. The topological polar surface area (TPSA) is 47.1 Å². The van der Waals surface area contributed by atoms with Crippen LogP contribution in [-0.4, -0.2) is 33.8 Å². The van der Waals surface area contributed by atoms with Crippen molar-refractivity contribution < 1.29 is 0 Å². The van der Waals surface area contributed by atoms with Crippen molar-refractivity contribution in [1.82, 2.24) is 14.7 Å². The Kier molecular flexibility index (Phi) is 5.40. The Morgan fingerprint density at radius 3 is 2.89 bits per heavy atom. The van der Waals surface area contributed by atoms with Crippen molar-refractivity contribution >= 4 is 0 Å². The van der Waals surface area contributed by atoms with Crippen LogP contribution in [0, 0.1) is 0 Å². The van der Waals surface area contributed by atoms with E-state index in [4.69, 9.17) is 10.8 Å². The van der Waals surface area contributed by atoms with Gasteiger partial charge in [-0.05, 0) is 45.2 Å². The van der Waals surface area contributed by atoms with Crippen LogP contribution in [0.3, 0.4) is 0 Å². The molecule has 1 unspecified atom stereocenters. The van der Waals surface area contributed by atoms with E-state index < -0.39 is 0 Å². The molecule has 1 aromatic rings. The van der Waals surface area contributed by atoms with Crippen molar-refractivity contribution in [2.75, 3.05) is 13.1 Å². The van der Waals surface area contributed by atoms with Gasteiger partial charge in [0, 0.05) is 31.4 Å². The first kappa shape index (κ1) is 14.5. The van der Waals surface area contributed by atoms with Crippen molar-refractivity contribution in [3.8, 4) is 0 Å². The Morgan fingerprint density at radius 2 is 2.32 bits per heavy atom. The lowest BCUT2D eigenvalue weighted by Crippen LogP contribution is -2.40. The van der Waals surface area contributed by atoms with Gasteiger partial charge >= 0.3 is 0 Å². The van der Waals surface area contributed by atoms with Crippen LogP contribution in [0.1, 0.15) is 57.7 Å². The van der Waals surface area contributed by atoms with E-state index in [0.717, 1.165) is 38.5 Å². The van der Waals surface area contributed by atoms with Gasteiger partial charge in [-0.2, -0.15) is 5.10 Å². The molecule has 1 saturated carbocycles. The minimum atomic E-state index is 0.495. The lowest BCUT2D eigenvalue weighted by Gasteiger charge is -2.37. The van der Waals surface area contributed by atoms with Gasteiger partial charge in [0.15, 0.2) is 0 Å². The van der Waals surface area contributed by atoms with Crippen molar-refractivity contribution in [2.45, 2.75) is 64.6 Å². The Morgan fingerprint density at radius 1 is 1.53 bits per heavy atom. The van der Waals surface area contributed by atoms with Gasteiger partial charge < -0.3 is 5.73 Å². The zero-order valence-electron chi connectivity index (χ0n) is 12.4. The minimum Gasteiger partial charge on any atom is -0.330 e. The molecule has 1 aliphatic carbocycles. The van der Waals surface area contributed by atoms with Crippen LogP contribution in [0.25, 0.3) is 0 Å². The van der Waals surface area contributed by atoms with Gasteiger partial charge in [0.25, 0.3) is 0 Å². The molecule has 4 nitrogen and oxygen atoms in total. The smallest absolute Gasteiger partial charge is 0.0764 e. The molecule has 0 aliphatic heterocycles. The van der Waals surface area contributed by atoms with Gasteiger partial charge in [-0.25, -0.2) is 0 Å². The van der Waals surface area contributed by atoms with Crippen LogP contribution in [-0.2, 0) is 6.54 Å². The van der Waals surface area contributed by atoms with Gasteiger partial charge in [-0.15, -0.1) is 0 Å². The Labute approximate surface area is 117 Å². The summed E-state index contributed by atoms with van der Waals surface area (Å²) in [6, 6.07) is 3.43. The molecule has 0 saturated heterocycles. The number of rotatable bonds is 8. The van der Waals surface area contributed by atoms with Gasteiger partial charge in [0.1, 0.15) is 0 Å². The first-order valence-corrected chi connectivity index (χ1v) is 7.72. The van der Waals surface area contributed by atoms with Crippen LogP contribution in [0.4, 0.5) is 0 Å². The van der Waals surface area contributed by atoms with Crippen LogP contribution in [0.5, 0.6) is 0 Å². The summed E-state index contributed by atoms with van der Waals surface area (Å²) < 4.78 is 2.09. The van der Waals surface area contributed by atoms with E-state index >= 15 is 0 Å². The molecule has 1 aliphatic rings. The van der Waals surface area contributed by atoms with Crippen molar-refractivity contribution in [1.29, 1.82) is 0 Å². The molecule has 2 rings (SSSR count). The van der Waals surface area contributed by atoms with Crippen LogP contribution in [0.15, 0.2) is 12.3 Å². The highest BCUT2D eigenvalue weighted by Crippen LogP contribution is 2.26. The number of hydrogen-bond donors (Lipinski definition) is 1. The maximum Gasteiger partial charge on any atom is 0.0764 e. The first-order chi connectivity index (χ1) is 9.24. The molecule has 1 fully saturated rings. The van der Waals surface area contributed by atoms with E-state index in [1.54, 1.807) is 0 Å². The monoisotopic (exact) mass is 264 g/mol. The van der Waals surface area contributed by atoms with Gasteiger partial charge in [-0.1, -0.05) is 13.3 Å². The highest BCUT2D eigenvalue weighted by molar-refractivity contribution is 5.00. The Hall–Kier alpha value is -0.870. The van der Waals surface area contributed by atoms with E-state index in [1.807, 2.05) is 0 Å². The van der Waals surface area contributed by atoms with Crippen LogP contribution in [0.2, 0.25) is 0 Å². The molecular weight excluding hydrogens is 236 g/mol. The third-order valence-electron chi connectivity index (χ3n) is 4.31. The summed E-state index contributed by atoms with van der Waals surface area (Å²) in [4.78, 5) is 2.57. The molecule has 108 valence electrons. The molecule has 19 heavy (non-hydrogen) atoms. The van der Waals surface area contributed by atoms with E-state index in [2.05, 4.69) is 35.7 Å². The number of nitrogens with two attached hydrogens (primary N) is 1. The van der Waals surface area contributed by atoms with Gasteiger partial charge in [-0.3, -0.25) is 9.58 Å². The second-order valence-electron chi connectivity index (χ2n) is 5.74. The van der Waals surface area contributed by atoms with Crippen LogP contribution >= 0.6 is 0 Å². The number of hydrogen-bond acceptors (Lipinski definition) is 3. The van der Waals surface area contributed by atoms with E-state index in [9.17, 15) is 0 Å². The SMILES string of the molecule is CCC(C)n1ccc(CN(CCCN)C2CCC2)n1. The zero-order chi connectivity index (χ0) is 13.7. The summed E-state index contributed by atoms with van der Waals surface area (Å²) in [5.74, 6) is 0. The average molecular weight is 264 g/mol. The summed E-state index contributed by atoms with van der Waals surface area (Å²) >= 11 is 0. The molecule has 0 spiro atoms. The first-order valence-electron chi connectivity index (χ1n) is 7.72. The lowest BCUT2D eigenvalue weighted by atomic mass is 9.91. The number of nitrogens with zero attached hydrogens (tertiary/aromatic N) is 3. The Balaban J connectivity index is 1.93. The zero-order valence-corrected chi connectivity index (χ0v) is 12.4. The molecule has 0 amide bonds. The fourth-order valence-electron chi connectivity index (χ4n) is 2.54. The van der Waals surface area contributed by atoms with E-state index in [0.29, 0.717) is 6.04 Å². The largest absolute Gasteiger partial charge is 0.330 e. The number of aromatic nitrogens is 2. The Bertz CT molecular complexity index is 370. The average Bonchev–Trinajstić information content (AvgIpc) is 2.81. The van der Waals surface area contributed by atoms with Crippen molar-refractivity contribution in [2.24, 2.45) is 5.73 Å². The molecule has 0 radical (unpaired) electrons. The van der Waals surface area contributed by atoms with E-state index in [1.165, 1.54) is 25.0 Å². The van der Waals surface area contributed by atoms with Crippen LogP contribution < -0.4 is 5.73 Å². The third-order valence-corrected chi connectivity index (χ3v) is 4.31. The maximum atomic E-state index is 5.65. The predicted molar refractivity (Wildman–Crippen MR) is 78.9 cm³/mol. The normalized spacial score (nSPS) is 17.7. The third kappa shape index (κ3) is 3.80. The second kappa shape index (κ2) is 7.06. The lowest BCUT2D eigenvalue weighted by molar-refractivity contribution is 0.117. The van der Waals surface area contributed by atoms with Gasteiger partial charge in [0.05, 0.1) is 5.69 Å². The summed E-state index contributed by atoms with van der Waals surface area (Å²) in [5, 5.41) is 4.71. The highest BCUT2D eigenvalue weighted by atomic mass is 15.3. The molecule has 4 heteroatoms. The van der Waals surface area contributed by atoms with Gasteiger partial charge in [0.2, 0.25) is 0 Å². The van der Waals surface area contributed by atoms with E-state index in [-0.39, 0.29) is 0 Å². The molecule has 0 aromatic carbocycles. The molecule has 1 atom stereocenters.